The Bertz CT molecular complexity index is 224. The molecule has 0 aliphatic heterocycles. The van der Waals surface area contributed by atoms with E-state index in [1.165, 1.54) is 12.8 Å². The Morgan fingerprint density at radius 3 is 2.22 bits per heavy atom. The predicted molar refractivity (Wildman–Crippen MR) is 77.1 cm³/mol. The number of carbonyl (C=O) groups is 1. The molecule has 108 valence electrons. The Morgan fingerprint density at radius 2 is 1.72 bits per heavy atom. The number of esters is 1. The Hall–Kier alpha value is -0.280. The number of nitrogens with zero attached hydrogens (tertiary/aromatic N) is 1. The van der Waals surface area contributed by atoms with E-state index in [1.54, 1.807) is 0 Å². The monoisotopic (exact) mass is 277 g/mol. The lowest BCUT2D eigenvalue weighted by molar-refractivity contribution is -0.150. The summed E-state index contributed by atoms with van der Waals surface area (Å²) in [6.45, 7) is 9.99. The fourth-order valence-corrected chi connectivity index (χ4v) is 2.43. The smallest absolute Gasteiger partial charge is 0.308 e. The molecule has 0 heterocycles. The van der Waals surface area contributed by atoms with Gasteiger partial charge in [0.05, 0.1) is 5.92 Å². The molecule has 0 unspecified atom stereocenters. The van der Waals surface area contributed by atoms with Gasteiger partial charge >= 0.3 is 5.97 Å². The van der Waals surface area contributed by atoms with Crippen LogP contribution in [0.3, 0.4) is 0 Å². The minimum atomic E-state index is 0. The standard InChI is InChI=1S/C14H27NO2.ClH/c1-4-15(5-2)10-11-17-14(16)13-8-6-12(3)7-9-13;/h12-13H,4-11H2,1-3H3;1H. The van der Waals surface area contributed by atoms with Gasteiger partial charge in [0, 0.05) is 6.54 Å². The Morgan fingerprint density at radius 1 is 1.17 bits per heavy atom. The number of halogens is 1. The van der Waals surface area contributed by atoms with E-state index in [1.807, 2.05) is 0 Å². The first-order valence-corrected chi connectivity index (χ1v) is 7.06. The second-order valence-corrected chi connectivity index (χ2v) is 5.15. The molecule has 1 saturated carbocycles. The SMILES string of the molecule is CCN(CC)CCOC(=O)C1CCC(C)CC1.Cl. The number of ether oxygens (including phenoxy) is 1. The minimum absolute atomic E-state index is 0. The molecule has 18 heavy (non-hydrogen) atoms. The van der Waals surface area contributed by atoms with Crippen molar-refractivity contribution in [2.75, 3.05) is 26.2 Å². The minimum Gasteiger partial charge on any atom is -0.464 e. The second kappa shape index (κ2) is 9.62. The highest BCUT2D eigenvalue weighted by Crippen LogP contribution is 2.28. The maximum Gasteiger partial charge on any atom is 0.308 e. The van der Waals surface area contributed by atoms with E-state index in [9.17, 15) is 4.79 Å². The van der Waals surface area contributed by atoms with Crippen molar-refractivity contribution < 1.29 is 9.53 Å². The van der Waals surface area contributed by atoms with E-state index in [0.29, 0.717) is 6.61 Å². The lowest BCUT2D eigenvalue weighted by Crippen LogP contribution is -2.30. The van der Waals surface area contributed by atoms with E-state index >= 15 is 0 Å². The van der Waals surface area contributed by atoms with E-state index in [0.717, 1.165) is 38.4 Å². The number of carbonyl (C=O) groups excluding carboxylic acids is 1. The maximum absolute atomic E-state index is 11.8. The predicted octanol–water partition coefficient (Wildman–Crippen LogP) is 3.12. The lowest BCUT2D eigenvalue weighted by atomic mass is 9.83. The number of likely N-dealkylation sites (N-methyl/N-ethyl adjacent to an activating group) is 1. The van der Waals surface area contributed by atoms with Crippen LogP contribution in [0.1, 0.15) is 46.5 Å². The Kier molecular flexibility index (Phi) is 9.47. The van der Waals surface area contributed by atoms with Gasteiger partial charge in [-0.15, -0.1) is 12.4 Å². The third-order valence-electron chi connectivity index (χ3n) is 3.90. The van der Waals surface area contributed by atoms with E-state index in [4.69, 9.17) is 4.74 Å². The average molecular weight is 278 g/mol. The molecular formula is C14H28ClNO2. The topological polar surface area (TPSA) is 29.5 Å². The molecule has 1 aliphatic carbocycles. The van der Waals surface area contributed by atoms with Crippen LogP contribution in [0.2, 0.25) is 0 Å². The zero-order valence-electron chi connectivity index (χ0n) is 12.0. The molecule has 0 saturated heterocycles. The average Bonchev–Trinajstić information content (AvgIpc) is 2.35. The zero-order chi connectivity index (χ0) is 12.7. The van der Waals surface area contributed by atoms with Crippen LogP contribution < -0.4 is 0 Å². The molecule has 0 aromatic rings. The van der Waals surface area contributed by atoms with Crippen molar-refractivity contribution in [3.05, 3.63) is 0 Å². The number of hydrogen-bond donors (Lipinski definition) is 0. The summed E-state index contributed by atoms with van der Waals surface area (Å²) in [5.74, 6) is 0.988. The van der Waals surface area contributed by atoms with E-state index < -0.39 is 0 Å². The summed E-state index contributed by atoms with van der Waals surface area (Å²) in [5, 5.41) is 0. The number of rotatable bonds is 6. The van der Waals surface area contributed by atoms with Crippen LogP contribution in [0.4, 0.5) is 0 Å². The van der Waals surface area contributed by atoms with Crippen LogP contribution in [0.25, 0.3) is 0 Å². The maximum atomic E-state index is 11.8. The second-order valence-electron chi connectivity index (χ2n) is 5.15. The molecule has 0 N–H and O–H groups in total. The van der Waals surface area contributed by atoms with Crippen molar-refractivity contribution >= 4 is 18.4 Å². The van der Waals surface area contributed by atoms with Gasteiger partial charge in [-0.2, -0.15) is 0 Å². The van der Waals surface area contributed by atoms with Crippen LogP contribution in [0.5, 0.6) is 0 Å². The van der Waals surface area contributed by atoms with E-state index in [-0.39, 0.29) is 24.3 Å². The summed E-state index contributed by atoms with van der Waals surface area (Å²) in [6, 6.07) is 0. The van der Waals surface area contributed by atoms with E-state index in [2.05, 4.69) is 25.7 Å². The molecule has 0 bridgehead atoms. The van der Waals surface area contributed by atoms with Crippen LogP contribution in [-0.4, -0.2) is 37.1 Å². The molecule has 0 spiro atoms. The van der Waals surface area contributed by atoms with Gasteiger partial charge in [0.25, 0.3) is 0 Å². The van der Waals surface area contributed by atoms with Crippen LogP contribution in [0.15, 0.2) is 0 Å². The molecule has 0 aromatic heterocycles. The van der Waals surface area contributed by atoms with Gasteiger partial charge in [0.15, 0.2) is 0 Å². The van der Waals surface area contributed by atoms with Gasteiger partial charge in [0.2, 0.25) is 0 Å². The third kappa shape index (κ3) is 6.05. The van der Waals surface area contributed by atoms with Crippen molar-refractivity contribution in [1.29, 1.82) is 0 Å². The molecule has 1 fully saturated rings. The zero-order valence-corrected chi connectivity index (χ0v) is 12.8. The first-order chi connectivity index (χ1) is 8.17. The van der Waals surface area contributed by atoms with Crippen molar-refractivity contribution in [1.82, 2.24) is 4.90 Å². The normalized spacial score (nSPS) is 23.6. The van der Waals surface area contributed by atoms with Crippen LogP contribution >= 0.6 is 12.4 Å². The summed E-state index contributed by atoms with van der Waals surface area (Å²) in [7, 11) is 0. The van der Waals surface area contributed by atoms with Crippen LogP contribution in [0, 0.1) is 11.8 Å². The molecule has 0 amide bonds. The molecule has 0 atom stereocenters. The van der Waals surface area contributed by atoms with Crippen molar-refractivity contribution in [3.8, 4) is 0 Å². The number of hydrogen-bond acceptors (Lipinski definition) is 3. The van der Waals surface area contributed by atoms with Gasteiger partial charge in [-0.25, -0.2) is 0 Å². The molecule has 4 heteroatoms. The summed E-state index contributed by atoms with van der Waals surface area (Å²) in [4.78, 5) is 14.1. The third-order valence-corrected chi connectivity index (χ3v) is 3.90. The summed E-state index contributed by atoms with van der Waals surface area (Å²) >= 11 is 0. The highest BCUT2D eigenvalue weighted by molar-refractivity contribution is 5.85. The van der Waals surface area contributed by atoms with Gasteiger partial charge in [-0.1, -0.05) is 20.8 Å². The van der Waals surface area contributed by atoms with Crippen molar-refractivity contribution in [3.63, 3.8) is 0 Å². The summed E-state index contributed by atoms with van der Waals surface area (Å²) in [5.41, 5.74) is 0. The Balaban J connectivity index is 0.00000289. The largest absolute Gasteiger partial charge is 0.464 e. The first-order valence-electron chi connectivity index (χ1n) is 7.06. The van der Waals surface area contributed by atoms with Gasteiger partial charge in [-0.3, -0.25) is 4.79 Å². The highest BCUT2D eigenvalue weighted by Gasteiger charge is 2.25. The molecule has 1 rings (SSSR count). The van der Waals surface area contributed by atoms with Gasteiger partial charge in [-0.05, 0) is 44.7 Å². The molecule has 3 nitrogen and oxygen atoms in total. The summed E-state index contributed by atoms with van der Waals surface area (Å²) in [6.07, 6.45) is 4.39. The van der Waals surface area contributed by atoms with Gasteiger partial charge < -0.3 is 9.64 Å². The molecule has 0 radical (unpaired) electrons. The first kappa shape index (κ1) is 17.7. The van der Waals surface area contributed by atoms with Crippen LogP contribution in [-0.2, 0) is 9.53 Å². The van der Waals surface area contributed by atoms with Crippen molar-refractivity contribution in [2.24, 2.45) is 11.8 Å². The molecule has 1 aliphatic rings. The quantitative estimate of drug-likeness (QED) is 0.699. The Labute approximate surface area is 118 Å². The van der Waals surface area contributed by atoms with Crippen molar-refractivity contribution in [2.45, 2.75) is 46.5 Å². The summed E-state index contributed by atoms with van der Waals surface area (Å²) < 4.78 is 5.37. The lowest BCUT2D eigenvalue weighted by Gasteiger charge is -2.25. The molecular weight excluding hydrogens is 250 g/mol. The van der Waals surface area contributed by atoms with Gasteiger partial charge in [0.1, 0.15) is 6.61 Å². The fraction of sp³-hybridized carbons (Fsp3) is 0.929. The molecule has 0 aromatic carbocycles. The highest BCUT2D eigenvalue weighted by atomic mass is 35.5. The fourth-order valence-electron chi connectivity index (χ4n) is 2.43.